The number of aliphatic hydroxyl groups excluding tert-OH is 1. The van der Waals surface area contributed by atoms with Gasteiger partial charge in [0, 0.05) is 49.8 Å². The van der Waals surface area contributed by atoms with E-state index >= 15 is 0 Å². The lowest BCUT2D eigenvalue weighted by atomic mass is 9.80. The van der Waals surface area contributed by atoms with E-state index in [2.05, 4.69) is 16.8 Å². The summed E-state index contributed by atoms with van der Waals surface area (Å²) in [5, 5.41) is 11.7. The lowest BCUT2D eigenvalue weighted by Crippen LogP contribution is -2.46. The zero-order valence-corrected chi connectivity index (χ0v) is 27.9. The van der Waals surface area contributed by atoms with Crippen molar-refractivity contribution in [1.29, 1.82) is 0 Å². The zero-order valence-electron chi connectivity index (χ0n) is 23.6. The van der Waals surface area contributed by atoms with Crippen LogP contribution in [0.5, 0.6) is 0 Å². The predicted molar refractivity (Wildman–Crippen MR) is 174 cm³/mol. The molecule has 0 unspecified atom stereocenters. The first kappa shape index (κ1) is 32.2. The molecule has 1 fully saturated rings. The first-order valence-corrected chi connectivity index (χ1v) is 15.4. The first-order valence-electron chi connectivity index (χ1n) is 13.2. The van der Waals surface area contributed by atoms with E-state index in [0.29, 0.717) is 5.69 Å². The summed E-state index contributed by atoms with van der Waals surface area (Å²) in [5.41, 5.74) is 1.38. The van der Waals surface area contributed by atoms with Crippen molar-refractivity contribution in [2.24, 2.45) is 0 Å². The van der Waals surface area contributed by atoms with Crippen molar-refractivity contribution in [3.8, 4) is 11.1 Å². The molecule has 0 bridgehead atoms. The van der Waals surface area contributed by atoms with E-state index in [9.17, 15) is 22.7 Å². The molecule has 0 amide bonds. The normalized spacial score (nSPS) is 16.1. The minimum absolute atomic E-state index is 0.120. The van der Waals surface area contributed by atoms with E-state index in [1.54, 1.807) is 32.0 Å². The van der Waals surface area contributed by atoms with Crippen LogP contribution in [0.25, 0.3) is 11.1 Å². The third-order valence-corrected chi connectivity index (χ3v) is 9.10. The standard InChI is InChI=1S/C30H34F4I2N4O/c1-19-8-6-7-9-23(19)24-17-26(40-12-10-38(4)11-13-40)37-18-25(24)39(5)27(41)28(2,3)20-14-21(29(31,32)33)16-22(15-20)30(34,35)36/h6-9,14-18,27,41H,10-13H2,1-5H3/t27-/m0/s1. The SMILES string of the molecule is Cc1ccccc1-c1cc(N2CCN(C)CC2)ncc1N(C)[C@@H](O)C(C)(C)c1cc(C(F)(F)F)cc(C(F)(I)I)c1. The summed E-state index contributed by atoms with van der Waals surface area (Å²) in [7, 11) is 3.79. The van der Waals surface area contributed by atoms with Gasteiger partial charge in [0.05, 0.1) is 17.4 Å². The molecule has 0 spiro atoms. The highest BCUT2D eigenvalue weighted by Gasteiger charge is 2.40. The van der Waals surface area contributed by atoms with Gasteiger partial charge in [0.15, 0.2) is 0 Å². The Balaban J connectivity index is 1.79. The molecular weight excluding hydrogens is 762 g/mol. The van der Waals surface area contributed by atoms with Gasteiger partial charge in [0.1, 0.15) is 12.0 Å². The summed E-state index contributed by atoms with van der Waals surface area (Å²) in [6.45, 7) is 8.84. The van der Waals surface area contributed by atoms with Gasteiger partial charge in [-0.2, -0.15) is 13.2 Å². The summed E-state index contributed by atoms with van der Waals surface area (Å²) < 4.78 is 54.3. The number of benzene rings is 2. The van der Waals surface area contributed by atoms with Gasteiger partial charge in [-0.05, 0) is 94.0 Å². The van der Waals surface area contributed by atoms with Crippen LogP contribution < -0.4 is 9.80 Å². The van der Waals surface area contributed by atoms with E-state index in [-0.39, 0.29) is 11.1 Å². The molecule has 4 rings (SSSR count). The van der Waals surface area contributed by atoms with Crippen molar-refractivity contribution < 1.29 is 22.7 Å². The van der Waals surface area contributed by atoms with Crippen LogP contribution in [-0.2, 0) is 13.3 Å². The Labute approximate surface area is 266 Å². The number of aliphatic hydroxyl groups is 1. The highest BCUT2D eigenvalue weighted by molar-refractivity contribution is 14.2. The van der Waals surface area contributed by atoms with Gasteiger partial charge in [-0.3, -0.25) is 0 Å². The Morgan fingerprint density at radius 2 is 1.49 bits per heavy atom. The van der Waals surface area contributed by atoms with Crippen molar-refractivity contribution in [2.45, 2.75) is 40.3 Å². The third kappa shape index (κ3) is 7.10. The Morgan fingerprint density at radius 3 is 2.07 bits per heavy atom. The summed E-state index contributed by atoms with van der Waals surface area (Å²) >= 11 is 2.95. The number of alkyl halides is 6. The molecule has 1 N–H and O–H groups in total. The molecule has 1 atom stereocenters. The van der Waals surface area contributed by atoms with Crippen LogP contribution >= 0.6 is 45.2 Å². The second-order valence-corrected chi connectivity index (χ2v) is 16.2. The lowest BCUT2D eigenvalue weighted by molar-refractivity contribution is -0.137. The van der Waals surface area contributed by atoms with Gasteiger partial charge >= 0.3 is 6.18 Å². The number of piperazine rings is 1. The lowest BCUT2D eigenvalue weighted by Gasteiger charge is -2.40. The highest BCUT2D eigenvalue weighted by atomic mass is 127. The number of halogens is 6. The molecule has 1 aromatic heterocycles. The van der Waals surface area contributed by atoms with Crippen LogP contribution in [0.3, 0.4) is 0 Å². The Morgan fingerprint density at radius 1 is 0.902 bits per heavy atom. The summed E-state index contributed by atoms with van der Waals surface area (Å²) in [4.78, 5) is 10.9. The third-order valence-electron chi connectivity index (χ3n) is 7.86. The number of nitrogens with zero attached hydrogens (tertiary/aromatic N) is 4. The van der Waals surface area contributed by atoms with E-state index in [0.717, 1.165) is 60.8 Å². The minimum Gasteiger partial charge on any atom is -0.373 e. The Bertz CT molecular complexity index is 1350. The van der Waals surface area contributed by atoms with Gasteiger partial charge in [0.25, 0.3) is 0 Å². The monoisotopic (exact) mass is 796 g/mol. The molecule has 0 aliphatic carbocycles. The average Bonchev–Trinajstić information content (AvgIpc) is 2.91. The van der Waals surface area contributed by atoms with Gasteiger partial charge < -0.3 is 19.8 Å². The predicted octanol–water partition coefficient (Wildman–Crippen LogP) is 7.51. The van der Waals surface area contributed by atoms with Gasteiger partial charge in [-0.1, -0.05) is 44.2 Å². The maximum atomic E-state index is 14.9. The smallest absolute Gasteiger partial charge is 0.373 e. The van der Waals surface area contributed by atoms with E-state index in [4.69, 9.17) is 4.98 Å². The molecule has 1 aliphatic heterocycles. The van der Waals surface area contributed by atoms with Crippen molar-refractivity contribution in [3.63, 3.8) is 0 Å². The Kier molecular flexibility index (Phi) is 9.52. The average molecular weight is 796 g/mol. The van der Waals surface area contributed by atoms with Crippen molar-refractivity contribution in [2.75, 3.05) is 50.1 Å². The fourth-order valence-corrected chi connectivity index (χ4v) is 5.73. The number of hydrogen-bond donors (Lipinski definition) is 1. The van der Waals surface area contributed by atoms with Crippen LogP contribution in [0.1, 0.15) is 36.1 Å². The molecule has 1 saturated heterocycles. The molecule has 0 radical (unpaired) electrons. The second kappa shape index (κ2) is 12.1. The number of aryl methyl sites for hydroxylation is 1. The maximum Gasteiger partial charge on any atom is 0.416 e. The number of hydrogen-bond acceptors (Lipinski definition) is 5. The highest BCUT2D eigenvalue weighted by Crippen LogP contribution is 2.46. The second-order valence-electron chi connectivity index (χ2n) is 11.2. The molecule has 3 aromatic rings. The van der Waals surface area contributed by atoms with Crippen LogP contribution in [0.15, 0.2) is 54.7 Å². The summed E-state index contributed by atoms with van der Waals surface area (Å²) in [6, 6.07) is 13.2. The zero-order chi connectivity index (χ0) is 30.3. The molecule has 41 heavy (non-hydrogen) atoms. The molecule has 11 heteroatoms. The van der Waals surface area contributed by atoms with Crippen LogP contribution in [0.4, 0.5) is 29.1 Å². The van der Waals surface area contributed by atoms with Crippen molar-refractivity contribution in [1.82, 2.24) is 9.88 Å². The van der Waals surface area contributed by atoms with Crippen molar-refractivity contribution >= 4 is 56.7 Å². The number of likely N-dealkylation sites (N-methyl/N-ethyl adjacent to an activating group) is 2. The first-order chi connectivity index (χ1) is 19.0. The van der Waals surface area contributed by atoms with Crippen LogP contribution in [0, 0.1) is 6.92 Å². The molecule has 2 heterocycles. The van der Waals surface area contributed by atoms with E-state index in [1.807, 2.05) is 37.3 Å². The largest absolute Gasteiger partial charge is 0.416 e. The van der Waals surface area contributed by atoms with Gasteiger partial charge in [-0.25, -0.2) is 9.37 Å². The van der Waals surface area contributed by atoms with Crippen LogP contribution in [-0.4, -0.2) is 61.5 Å². The number of anilines is 2. The maximum absolute atomic E-state index is 14.9. The van der Waals surface area contributed by atoms with E-state index < -0.39 is 25.1 Å². The number of pyridine rings is 1. The molecule has 222 valence electrons. The van der Waals surface area contributed by atoms with Crippen LogP contribution in [0.2, 0.25) is 0 Å². The number of aromatic nitrogens is 1. The fraction of sp³-hybridized carbons (Fsp3) is 0.433. The fourth-order valence-electron chi connectivity index (χ4n) is 5.11. The Hall–Kier alpha value is -1.71. The number of rotatable bonds is 7. The summed E-state index contributed by atoms with van der Waals surface area (Å²) in [5.74, 6) is 0.827. The molecule has 1 aliphatic rings. The quantitative estimate of drug-likeness (QED) is 0.116. The topological polar surface area (TPSA) is 42.8 Å². The molecular formula is C30H34F4I2N4O. The van der Waals surface area contributed by atoms with E-state index in [1.165, 1.54) is 51.2 Å². The molecule has 0 saturated carbocycles. The molecule has 5 nitrogen and oxygen atoms in total. The van der Waals surface area contributed by atoms with Gasteiger partial charge in [0.2, 0.25) is 1.68 Å². The summed E-state index contributed by atoms with van der Waals surface area (Å²) in [6.07, 6.45) is -4.22. The van der Waals surface area contributed by atoms with Gasteiger partial charge in [-0.15, -0.1) is 0 Å². The van der Waals surface area contributed by atoms with Crippen molar-refractivity contribution in [3.05, 3.63) is 77.0 Å². The molecule has 2 aromatic carbocycles. The minimum atomic E-state index is -4.67.